The van der Waals surface area contributed by atoms with Crippen LogP contribution in [0.25, 0.3) is 0 Å². The van der Waals surface area contributed by atoms with E-state index >= 15 is 0 Å². The number of aliphatic hydroxyl groups excluding tert-OH is 1. The van der Waals surface area contributed by atoms with E-state index in [9.17, 15) is 18.0 Å². The minimum absolute atomic E-state index is 0.276. The predicted octanol–water partition coefficient (Wildman–Crippen LogP) is 0.944. The summed E-state index contributed by atoms with van der Waals surface area (Å²) in [5.74, 6) is -1.54. The second-order valence-electron chi connectivity index (χ2n) is 2.33. The number of pyridine rings is 1. The van der Waals surface area contributed by atoms with E-state index in [-0.39, 0.29) is 5.56 Å². The van der Waals surface area contributed by atoms with E-state index in [0.717, 1.165) is 6.20 Å². The number of hydrogen-bond donors (Lipinski definition) is 2. The zero-order valence-electron chi connectivity index (χ0n) is 6.35. The molecule has 0 aromatic carbocycles. The number of alkyl halides is 2. The van der Waals surface area contributed by atoms with E-state index in [1.54, 1.807) is 0 Å². The minimum Gasteiger partial charge on any atom is -0.391 e. The molecule has 0 bridgehead atoms. The minimum atomic E-state index is -3.07. The first-order chi connectivity index (χ1) is 6.07. The van der Waals surface area contributed by atoms with Gasteiger partial charge in [0.2, 0.25) is 5.43 Å². The Bertz CT molecular complexity index is 361. The molecule has 0 saturated heterocycles. The van der Waals surface area contributed by atoms with E-state index < -0.39 is 30.0 Å². The molecule has 13 heavy (non-hydrogen) atoms. The van der Waals surface area contributed by atoms with Crippen LogP contribution in [0.2, 0.25) is 0 Å². The molecule has 2 N–H and O–H groups in total. The SMILES string of the molecule is O=c1c(CO)c[nH]c(C(F)F)c1F. The van der Waals surface area contributed by atoms with Crippen LogP contribution in [0, 0.1) is 5.82 Å². The second-order valence-corrected chi connectivity index (χ2v) is 2.33. The molecule has 0 amide bonds. The standard InChI is InChI=1S/C7H6F3NO2/c8-4-5(7(9)10)11-1-3(2-12)6(4)13/h1,7,12H,2H2,(H,11,13). The summed E-state index contributed by atoms with van der Waals surface area (Å²) in [4.78, 5) is 12.7. The van der Waals surface area contributed by atoms with Gasteiger partial charge in [-0.2, -0.15) is 0 Å². The number of nitrogens with one attached hydrogen (secondary N) is 1. The molecule has 0 radical (unpaired) electrons. The van der Waals surface area contributed by atoms with Gasteiger partial charge in [-0.3, -0.25) is 4.79 Å². The third-order valence-electron chi connectivity index (χ3n) is 1.52. The van der Waals surface area contributed by atoms with Gasteiger partial charge in [0.05, 0.1) is 6.61 Å². The molecule has 72 valence electrons. The van der Waals surface area contributed by atoms with Gasteiger partial charge in [0.15, 0.2) is 5.82 Å². The molecule has 0 aliphatic heterocycles. The molecule has 0 atom stereocenters. The fraction of sp³-hybridized carbons (Fsp3) is 0.286. The van der Waals surface area contributed by atoms with E-state index in [1.807, 2.05) is 4.98 Å². The molecule has 0 aliphatic carbocycles. The van der Waals surface area contributed by atoms with Crippen molar-refractivity contribution in [3.05, 3.63) is 33.5 Å². The van der Waals surface area contributed by atoms with Gasteiger partial charge >= 0.3 is 0 Å². The first-order valence-electron chi connectivity index (χ1n) is 3.37. The molecular weight excluding hydrogens is 187 g/mol. The fourth-order valence-electron chi connectivity index (χ4n) is 0.833. The lowest BCUT2D eigenvalue weighted by Gasteiger charge is -2.02. The van der Waals surface area contributed by atoms with E-state index in [0.29, 0.717) is 0 Å². The highest BCUT2D eigenvalue weighted by molar-refractivity contribution is 5.16. The third-order valence-corrected chi connectivity index (χ3v) is 1.52. The summed E-state index contributed by atoms with van der Waals surface area (Å²) < 4.78 is 36.7. The monoisotopic (exact) mass is 193 g/mol. The van der Waals surface area contributed by atoms with Crippen molar-refractivity contribution < 1.29 is 18.3 Å². The normalized spacial score (nSPS) is 10.8. The Balaban J connectivity index is 3.32. The summed E-state index contributed by atoms with van der Waals surface area (Å²) in [6, 6.07) is 0. The van der Waals surface area contributed by atoms with Gasteiger partial charge in [-0.25, -0.2) is 13.2 Å². The maximum Gasteiger partial charge on any atom is 0.281 e. The van der Waals surface area contributed by atoms with Crippen molar-refractivity contribution in [3.63, 3.8) is 0 Å². The van der Waals surface area contributed by atoms with Crippen LogP contribution >= 0.6 is 0 Å². The van der Waals surface area contributed by atoms with Crippen molar-refractivity contribution in [2.24, 2.45) is 0 Å². The number of aromatic amines is 1. The van der Waals surface area contributed by atoms with Gasteiger partial charge in [-0.05, 0) is 0 Å². The van der Waals surface area contributed by atoms with Gasteiger partial charge in [0.25, 0.3) is 6.43 Å². The van der Waals surface area contributed by atoms with Crippen LogP contribution in [0.15, 0.2) is 11.0 Å². The maximum absolute atomic E-state index is 12.8. The summed E-state index contributed by atoms with van der Waals surface area (Å²) in [5.41, 5.74) is -2.53. The van der Waals surface area contributed by atoms with E-state index in [2.05, 4.69) is 0 Å². The average Bonchev–Trinajstić information content (AvgIpc) is 2.09. The Morgan fingerprint density at radius 2 is 2.15 bits per heavy atom. The molecule has 0 saturated carbocycles. The van der Waals surface area contributed by atoms with Crippen molar-refractivity contribution >= 4 is 0 Å². The third kappa shape index (κ3) is 1.72. The molecule has 0 unspecified atom stereocenters. The molecule has 0 fully saturated rings. The highest BCUT2D eigenvalue weighted by Gasteiger charge is 2.17. The number of hydrogen-bond acceptors (Lipinski definition) is 2. The Labute approximate surface area is 70.8 Å². The number of H-pyrrole nitrogens is 1. The zero-order chi connectivity index (χ0) is 10.0. The van der Waals surface area contributed by atoms with Gasteiger partial charge in [0.1, 0.15) is 5.69 Å². The molecule has 1 heterocycles. The molecule has 0 spiro atoms. The molecule has 1 aromatic rings. The van der Waals surface area contributed by atoms with E-state index in [1.165, 1.54) is 0 Å². The molecular formula is C7H6F3NO2. The summed E-state index contributed by atoms with van der Waals surface area (Å²) >= 11 is 0. The van der Waals surface area contributed by atoms with Gasteiger partial charge in [-0.15, -0.1) is 0 Å². The first kappa shape index (κ1) is 9.79. The highest BCUT2D eigenvalue weighted by Crippen LogP contribution is 2.17. The lowest BCUT2D eigenvalue weighted by atomic mass is 10.2. The van der Waals surface area contributed by atoms with Gasteiger partial charge in [0, 0.05) is 11.8 Å². The van der Waals surface area contributed by atoms with Crippen molar-refractivity contribution in [1.29, 1.82) is 0 Å². The second kappa shape index (κ2) is 3.61. The zero-order valence-corrected chi connectivity index (χ0v) is 6.35. The predicted molar refractivity (Wildman–Crippen MR) is 37.9 cm³/mol. The smallest absolute Gasteiger partial charge is 0.281 e. The Hall–Kier alpha value is -1.30. The quantitative estimate of drug-likeness (QED) is 0.734. The van der Waals surface area contributed by atoms with Crippen LogP contribution in [0.3, 0.4) is 0 Å². The van der Waals surface area contributed by atoms with Crippen molar-refractivity contribution in [2.45, 2.75) is 13.0 Å². The number of aromatic nitrogens is 1. The van der Waals surface area contributed by atoms with Crippen molar-refractivity contribution in [2.75, 3.05) is 0 Å². The molecule has 1 aromatic heterocycles. The summed E-state index contributed by atoms with van der Waals surface area (Å²) in [5, 5.41) is 8.50. The summed E-state index contributed by atoms with van der Waals surface area (Å²) in [6.45, 7) is -0.685. The van der Waals surface area contributed by atoms with E-state index in [4.69, 9.17) is 5.11 Å². The molecule has 0 aliphatic rings. The van der Waals surface area contributed by atoms with Gasteiger partial charge < -0.3 is 10.1 Å². The van der Waals surface area contributed by atoms with Crippen LogP contribution in [0.4, 0.5) is 13.2 Å². The lowest BCUT2D eigenvalue weighted by Crippen LogP contribution is -2.17. The lowest BCUT2D eigenvalue weighted by molar-refractivity contribution is 0.140. The fourth-order valence-corrected chi connectivity index (χ4v) is 0.833. The average molecular weight is 193 g/mol. The Morgan fingerprint density at radius 3 is 2.62 bits per heavy atom. The number of rotatable bonds is 2. The van der Waals surface area contributed by atoms with Crippen LogP contribution in [-0.2, 0) is 6.61 Å². The maximum atomic E-state index is 12.8. The summed E-state index contributed by atoms with van der Waals surface area (Å²) in [6.07, 6.45) is -2.20. The van der Waals surface area contributed by atoms with Crippen LogP contribution in [-0.4, -0.2) is 10.1 Å². The molecule has 6 heteroatoms. The molecule has 3 nitrogen and oxygen atoms in total. The largest absolute Gasteiger partial charge is 0.391 e. The van der Waals surface area contributed by atoms with Crippen molar-refractivity contribution in [3.8, 4) is 0 Å². The number of aliphatic hydroxyl groups is 1. The molecule has 1 rings (SSSR count). The van der Waals surface area contributed by atoms with Gasteiger partial charge in [-0.1, -0.05) is 0 Å². The van der Waals surface area contributed by atoms with Crippen LogP contribution < -0.4 is 5.43 Å². The number of halogens is 3. The summed E-state index contributed by atoms with van der Waals surface area (Å²) in [7, 11) is 0. The van der Waals surface area contributed by atoms with Crippen LogP contribution in [0.1, 0.15) is 17.7 Å². The Kier molecular flexibility index (Phi) is 2.72. The topological polar surface area (TPSA) is 53.1 Å². The Morgan fingerprint density at radius 1 is 1.54 bits per heavy atom. The first-order valence-corrected chi connectivity index (χ1v) is 3.37. The highest BCUT2D eigenvalue weighted by atomic mass is 19.3. The van der Waals surface area contributed by atoms with Crippen molar-refractivity contribution in [1.82, 2.24) is 4.98 Å². The van der Waals surface area contributed by atoms with Crippen LogP contribution in [0.5, 0.6) is 0 Å².